The summed E-state index contributed by atoms with van der Waals surface area (Å²) in [5.74, 6) is -0.203. The molecule has 8 heteroatoms. The van der Waals surface area contributed by atoms with Crippen molar-refractivity contribution >= 4 is 23.1 Å². The van der Waals surface area contributed by atoms with Crippen molar-refractivity contribution in [1.82, 2.24) is 4.98 Å². The third kappa shape index (κ3) is 3.57. The third-order valence-corrected chi connectivity index (χ3v) is 2.79. The molecule has 0 fully saturated rings. The molecule has 0 aliphatic heterocycles. The lowest BCUT2D eigenvalue weighted by molar-refractivity contribution is -0.386. The summed E-state index contributed by atoms with van der Waals surface area (Å²) in [4.78, 5) is 14.4. The van der Waals surface area contributed by atoms with E-state index < -0.39 is 10.7 Å². The normalized spacial score (nSPS) is 10.2. The van der Waals surface area contributed by atoms with Crippen LogP contribution in [0.3, 0.4) is 0 Å². The molecule has 0 spiro atoms. The number of nitrogens with one attached hydrogen (secondary N) is 1. The van der Waals surface area contributed by atoms with Crippen molar-refractivity contribution in [3.63, 3.8) is 0 Å². The zero-order chi connectivity index (χ0) is 15.4. The predicted octanol–water partition coefficient (Wildman–Crippen LogP) is 4.01. The van der Waals surface area contributed by atoms with E-state index in [9.17, 15) is 14.5 Å². The van der Waals surface area contributed by atoms with E-state index in [1.54, 1.807) is 0 Å². The Kier molecular flexibility index (Phi) is 4.54. The van der Waals surface area contributed by atoms with Crippen molar-refractivity contribution < 1.29 is 14.1 Å². The lowest BCUT2D eigenvalue weighted by atomic mass is 10.3. The molecule has 1 aromatic heterocycles. The molecule has 0 bridgehead atoms. The van der Waals surface area contributed by atoms with Crippen molar-refractivity contribution in [1.29, 1.82) is 0 Å². The summed E-state index contributed by atoms with van der Waals surface area (Å²) < 4.78 is 18.4. The average Bonchev–Trinajstić information content (AvgIpc) is 2.43. The molecular formula is C13H11ClFN3O3. The van der Waals surface area contributed by atoms with Gasteiger partial charge in [-0.05, 0) is 25.1 Å². The number of hydrogen-bond donors (Lipinski definition) is 1. The van der Waals surface area contributed by atoms with Crippen LogP contribution in [0.4, 0.5) is 15.9 Å². The van der Waals surface area contributed by atoms with Crippen LogP contribution >= 0.6 is 11.6 Å². The van der Waals surface area contributed by atoms with E-state index in [2.05, 4.69) is 10.3 Å². The van der Waals surface area contributed by atoms with Crippen molar-refractivity contribution in [3.05, 3.63) is 51.3 Å². The van der Waals surface area contributed by atoms with Crippen LogP contribution in [0.2, 0.25) is 5.02 Å². The highest BCUT2D eigenvalue weighted by atomic mass is 35.5. The molecule has 0 atom stereocenters. The number of hydrogen-bond acceptors (Lipinski definition) is 5. The number of aromatic nitrogens is 1. The number of benzene rings is 1. The van der Waals surface area contributed by atoms with Gasteiger partial charge < -0.3 is 10.1 Å². The Morgan fingerprint density at radius 2 is 2.19 bits per heavy atom. The summed E-state index contributed by atoms with van der Waals surface area (Å²) in [6, 6.07) is 6.41. The van der Waals surface area contributed by atoms with Crippen LogP contribution in [0.25, 0.3) is 0 Å². The summed E-state index contributed by atoms with van der Waals surface area (Å²) in [5, 5.41) is 13.8. The van der Waals surface area contributed by atoms with Gasteiger partial charge in [-0.3, -0.25) is 10.1 Å². The number of nitrogens with zero attached hydrogens (tertiary/aromatic N) is 2. The first kappa shape index (κ1) is 15.0. The topological polar surface area (TPSA) is 77.3 Å². The standard InChI is InChI=1S/C13H11ClFN3O3/c1-2-16-12-6-5-11(18(19)20)13(17-12)21-8-3-4-10(15)9(14)7-8/h3-7H,2H2,1H3,(H,16,17). The van der Waals surface area contributed by atoms with E-state index in [4.69, 9.17) is 16.3 Å². The lowest BCUT2D eigenvalue weighted by Gasteiger charge is -2.08. The smallest absolute Gasteiger partial charge is 0.331 e. The van der Waals surface area contributed by atoms with Gasteiger partial charge in [0.1, 0.15) is 17.4 Å². The summed E-state index contributed by atoms with van der Waals surface area (Å²) in [6.45, 7) is 2.47. The minimum Gasteiger partial charge on any atom is -0.434 e. The molecule has 0 unspecified atom stereocenters. The fraction of sp³-hybridized carbons (Fsp3) is 0.154. The Hall–Kier alpha value is -2.41. The maximum absolute atomic E-state index is 13.1. The fourth-order valence-corrected chi connectivity index (χ4v) is 1.75. The van der Waals surface area contributed by atoms with Gasteiger partial charge in [0.05, 0.1) is 9.95 Å². The monoisotopic (exact) mass is 311 g/mol. The molecule has 0 saturated carbocycles. The second-order valence-electron chi connectivity index (χ2n) is 3.99. The molecule has 0 aliphatic carbocycles. The van der Waals surface area contributed by atoms with Crippen molar-refractivity contribution in [2.45, 2.75) is 6.92 Å². The number of rotatable bonds is 5. The van der Waals surface area contributed by atoms with E-state index in [1.807, 2.05) is 6.92 Å². The molecule has 1 aromatic carbocycles. The van der Waals surface area contributed by atoms with E-state index in [0.29, 0.717) is 12.4 Å². The van der Waals surface area contributed by atoms with Crippen LogP contribution in [-0.4, -0.2) is 16.5 Å². The van der Waals surface area contributed by atoms with Crippen molar-refractivity contribution in [3.8, 4) is 11.6 Å². The van der Waals surface area contributed by atoms with Gasteiger partial charge in [0, 0.05) is 18.7 Å². The van der Waals surface area contributed by atoms with Crippen LogP contribution in [0.15, 0.2) is 30.3 Å². The Labute approximate surface area is 124 Å². The van der Waals surface area contributed by atoms with E-state index in [-0.39, 0.29) is 22.3 Å². The summed E-state index contributed by atoms with van der Waals surface area (Å²) in [6.07, 6.45) is 0. The molecule has 1 heterocycles. The highest BCUT2D eigenvalue weighted by molar-refractivity contribution is 6.30. The Bertz CT molecular complexity index is 682. The molecule has 1 N–H and O–H groups in total. The third-order valence-electron chi connectivity index (χ3n) is 2.50. The van der Waals surface area contributed by atoms with Gasteiger partial charge in [-0.1, -0.05) is 11.6 Å². The van der Waals surface area contributed by atoms with Crippen LogP contribution in [0, 0.1) is 15.9 Å². The van der Waals surface area contributed by atoms with Crippen LogP contribution < -0.4 is 10.1 Å². The second kappa shape index (κ2) is 6.36. The molecule has 0 radical (unpaired) electrons. The minimum atomic E-state index is -0.608. The minimum absolute atomic E-state index is 0.141. The zero-order valence-electron chi connectivity index (χ0n) is 11.0. The summed E-state index contributed by atoms with van der Waals surface area (Å²) in [5.41, 5.74) is -0.294. The number of nitro groups is 1. The quantitative estimate of drug-likeness (QED) is 0.667. The molecular weight excluding hydrogens is 301 g/mol. The first-order valence-electron chi connectivity index (χ1n) is 6.03. The molecule has 0 saturated heterocycles. The molecule has 6 nitrogen and oxygen atoms in total. The Balaban J connectivity index is 2.37. The maximum Gasteiger partial charge on any atom is 0.331 e. The van der Waals surface area contributed by atoms with Crippen molar-refractivity contribution in [2.75, 3.05) is 11.9 Å². The molecule has 2 rings (SSSR count). The fourth-order valence-electron chi connectivity index (χ4n) is 1.58. The van der Waals surface area contributed by atoms with Gasteiger partial charge in [0.2, 0.25) is 0 Å². The van der Waals surface area contributed by atoms with Crippen molar-refractivity contribution in [2.24, 2.45) is 0 Å². The first-order chi connectivity index (χ1) is 10.0. The molecule has 2 aromatic rings. The highest BCUT2D eigenvalue weighted by Gasteiger charge is 2.18. The lowest BCUT2D eigenvalue weighted by Crippen LogP contribution is -2.02. The second-order valence-corrected chi connectivity index (χ2v) is 4.39. The van der Waals surface area contributed by atoms with Crippen LogP contribution in [-0.2, 0) is 0 Å². The van der Waals surface area contributed by atoms with Crippen LogP contribution in [0.1, 0.15) is 6.92 Å². The molecule has 110 valence electrons. The van der Waals surface area contributed by atoms with E-state index in [0.717, 1.165) is 6.07 Å². The zero-order valence-corrected chi connectivity index (χ0v) is 11.7. The number of halogens is 2. The van der Waals surface area contributed by atoms with Gasteiger partial charge in [-0.25, -0.2) is 4.39 Å². The largest absolute Gasteiger partial charge is 0.434 e. The Morgan fingerprint density at radius 3 is 2.81 bits per heavy atom. The van der Waals surface area contributed by atoms with Gasteiger partial charge in [0.25, 0.3) is 0 Å². The number of pyridine rings is 1. The van der Waals surface area contributed by atoms with E-state index in [1.165, 1.54) is 24.3 Å². The molecule has 0 amide bonds. The first-order valence-corrected chi connectivity index (χ1v) is 6.41. The number of ether oxygens (including phenoxy) is 1. The summed E-state index contributed by atoms with van der Waals surface area (Å²) in [7, 11) is 0. The van der Waals surface area contributed by atoms with Gasteiger partial charge in [-0.15, -0.1) is 0 Å². The maximum atomic E-state index is 13.1. The SMILES string of the molecule is CCNc1ccc([N+](=O)[O-])c(Oc2ccc(F)c(Cl)c2)n1. The van der Waals surface area contributed by atoms with Gasteiger partial charge in [-0.2, -0.15) is 4.98 Å². The predicted molar refractivity (Wildman–Crippen MR) is 76.5 cm³/mol. The Morgan fingerprint density at radius 1 is 1.43 bits per heavy atom. The highest BCUT2D eigenvalue weighted by Crippen LogP contribution is 2.32. The molecule has 21 heavy (non-hydrogen) atoms. The van der Waals surface area contributed by atoms with Gasteiger partial charge >= 0.3 is 11.6 Å². The molecule has 0 aliphatic rings. The van der Waals surface area contributed by atoms with E-state index >= 15 is 0 Å². The van der Waals surface area contributed by atoms with Crippen LogP contribution in [0.5, 0.6) is 11.6 Å². The summed E-state index contributed by atoms with van der Waals surface area (Å²) >= 11 is 5.64. The van der Waals surface area contributed by atoms with Gasteiger partial charge in [0.15, 0.2) is 0 Å². The average molecular weight is 312 g/mol. The number of anilines is 1.